The Labute approximate surface area is 177 Å². The number of rotatable bonds is 4. The highest BCUT2D eigenvalue weighted by atomic mass is 35.5. The summed E-state index contributed by atoms with van der Waals surface area (Å²) < 4.78 is 27.6. The standard InChI is InChI=1S/C23H17ClF2N2O2/c24-17-8-6-16(7-9-17)23(30)28-11-10-15-5-4-14(12-20(15)28)13-27-22(29)21-18(25)2-1-3-19(21)26/h1-9,12H,10-11,13H2,(H,27,29). The minimum atomic E-state index is -0.916. The summed E-state index contributed by atoms with van der Waals surface area (Å²) in [6.45, 7) is 0.621. The van der Waals surface area contributed by atoms with Crippen molar-refractivity contribution in [1.29, 1.82) is 0 Å². The summed E-state index contributed by atoms with van der Waals surface area (Å²) in [5.74, 6) is -2.80. The maximum atomic E-state index is 13.8. The minimum absolute atomic E-state index is 0.0723. The second-order valence-corrected chi connectivity index (χ2v) is 7.39. The van der Waals surface area contributed by atoms with Crippen molar-refractivity contribution in [1.82, 2.24) is 5.32 Å². The Balaban J connectivity index is 1.51. The smallest absolute Gasteiger partial charge is 0.258 e. The summed E-state index contributed by atoms with van der Waals surface area (Å²) in [4.78, 5) is 26.8. The predicted octanol–water partition coefficient (Wildman–Crippen LogP) is 4.75. The van der Waals surface area contributed by atoms with Crippen molar-refractivity contribution in [3.05, 3.63) is 99.6 Å². The number of carbonyl (C=O) groups is 2. The van der Waals surface area contributed by atoms with Crippen LogP contribution in [0, 0.1) is 11.6 Å². The number of anilines is 1. The normalized spacial score (nSPS) is 12.6. The molecule has 0 fully saturated rings. The molecule has 1 aliphatic heterocycles. The van der Waals surface area contributed by atoms with Gasteiger partial charge in [0.15, 0.2) is 0 Å². The highest BCUT2D eigenvalue weighted by molar-refractivity contribution is 6.30. The van der Waals surface area contributed by atoms with Crippen LogP contribution in [-0.4, -0.2) is 18.4 Å². The van der Waals surface area contributed by atoms with Crippen LogP contribution in [0.5, 0.6) is 0 Å². The van der Waals surface area contributed by atoms with Gasteiger partial charge in [0, 0.05) is 29.4 Å². The number of hydrogen-bond donors (Lipinski definition) is 1. The highest BCUT2D eigenvalue weighted by Crippen LogP contribution is 2.30. The number of carbonyl (C=O) groups excluding carboxylic acids is 2. The zero-order chi connectivity index (χ0) is 21.3. The van der Waals surface area contributed by atoms with Gasteiger partial charge in [-0.2, -0.15) is 0 Å². The van der Waals surface area contributed by atoms with Crippen LogP contribution in [0.15, 0.2) is 60.7 Å². The van der Waals surface area contributed by atoms with Gasteiger partial charge >= 0.3 is 0 Å². The number of benzene rings is 3. The molecule has 0 spiro atoms. The van der Waals surface area contributed by atoms with E-state index in [1.54, 1.807) is 29.2 Å². The fraction of sp³-hybridized carbons (Fsp3) is 0.130. The maximum Gasteiger partial charge on any atom is 0.258 e. The van der Waals surface area contributed by atoms with Gasteiger partial charge in [-0.15, -0.1) is 0 Å². The monoisotopic (exact) mass is 426 g/mol. The minimum Gasteiger partial charge on any atom is -0.348 e. The first-order chi connectivity index (χ1) is 14.4. The molecule has 1 aliphatic rings. The molecule has 0 saturated carbocycles. The summed E-state index contributed by atoms with van der Waals surface area (Å²) in [5.41, 5.74) is 2.42. The lowest BCUT2D eigenvalue weighted by atomic mass is 10.1. The molecule has 0 atom stereocenters. The molecule has 1 N–H and O–H groups in total. The van der Waals surface area contributed by atoms with Gasteiger partial charge in [-0.3, -0.25) is 9.59 Å². The van der Waals surface area contributed by atoms with Gasteiger partial charge in [0.05, 0.1) is 0 Å². The molecule has 0 aromatic heterocycles. The topological polar surface area (TPSA) is 49.4 Å². The quantitative estimate of drug-likeness (QED) is 0.654. The van der Waals surface area contributed by atoms with Gasteiger partial charge in [0.2, 0.25) is 0 Å². The number of nitrogens with one attached hydrogen (secondary N) is 1. The van der Waals surface area contributed by atoms with Crippen LogP contribution >= 0.6 is 11.6 Å². The van der Waals surface area contributed by atoms with Crippen LogP contribution in [0.4, 0.5) is 14.5 Å². The summed E-state index contributed by atoms with van der Waals surface area (Å²) in [6, 6.07) is 15.5. The van der Waals surface area contributed by atoms with Crippen molar-refractivity contribution in [3.63, 3.8) is 0 Å². The predicted molar refractivity (Wildman–Crippen MR) is 111 cm³/mol. The number of amides is 2. The summed E-state index contributed by atoms with van der Waals surface area (Å²) in [5, 5.41) is 3.09. The first-order valence-corrected chi connectivity index (χ1v) is 9.73. The van der Waals surface area contributed by atoms with Crippen molar-refractivity contribution in [2.24, 2.45) is 0 Å². The lowest BCUT2D eigenvalue weighted by Gasteiger charge is -2.18. The van der Waals surface area contributed by atoms with Crippen molar-refractivity contribution < 1.29 is 18.4 Å². The second kappa shape index (κ2) is 8.24. The summed E-state index contributed by atoms with van der Waals surface area (Å²) in [7, 11) is 0. The Morgan fingerprint density at radius 3 is 2.40 bits per heavy atom. The van der Waals surface area contributed by atoms with Crippen molar-refractivity contribution in [2.45, 2.75) is 13.0 Å². The molecule has 30 heavy (non-hydrogen) atoms. The van der Waals surface area contributed by atoms with Gasteiger partial charge < -0.3 is 10.2 Å². The number of fused-ring (bicyclic) bond motifs is 1. The van der Waals surface area contributed by atoms with Crippen LogP contribution < -0.4 is 10.2 Å². The van der Waals surface area contributed by atoms with Gasteiger partial charge in [0.1, 0.15) is 17.2 Å². The Morgan fingerprint density at radius 1 is 1.00 bits per heavy atom. The Morgan fingerprint density at radius 2 is 1.70 bits per heavy atom. The average molecular weight is 427 g/mol. The number of hydrogen-bond acceptors (Lipinski definition) is 2. The number of nitrogens with zero attached hydrogens (tertiary/aromatic N) is 1. The van der Waals surface area contributed by atoms with E-state index in [4.69, 9.17) is 11.6 Å². The molecule has 4 nitrogen and oxygen atoms in total. The van der Waals surface area contributed by atoms with E-state index in [0.717, 1.165) is 35.4 Å². The molecule has 152 valence electrons. The molecule has 2 amide bonds. The van der Waals surface area contributed by atoms with Crippen LogP contribution in [0.1, 0.15) is 31.8 Å². The Hall–Kier alpha value is -3.25. The molecule has 0 aliphatic carbocycles. The first kappa shape index (κ1) is 20.0. The van der Waals surface area contributed by atoms with Crippen LogP contribution in [-0.2, 0) is 13.0 Å². The molecule has 0 bridgehead atoms. The molecule has 3 aromatic carbocycles. The summed E-state index contributed by atoms with van der Waals surface area (Å²) >= 11 is 5.90. The van der Waals surface area contributed by atoms with Gasteiger partial charge in [-0.25, -0.2) is 8.78 Å². The molecule has 4 rings (SSSR count). The van der Waals surface area contributed by atoms with E-state index in [9.17, 15) is 18.4 Å². The van der Waals surface area contributed by atoms with E-state index in [-0.39, 0.29) is 12.5 Å². The molecule has 0 saturated heterocycles. The van der Waals surface area contributed by atoms with Gasteiger partial charge in [0.25, 0.3) is 11.8 Å². The lowest BCUT2D eigenvalue weighted by molar-refractivity contribution is 0.0940. The summed E-state index contributed by atoms with van der Waals surface area (Å²) in [6.07, 6.45) is 0.724. The molecular weight excluding hydrogens is 410 g/mol. The zero-order valence-corrected chi connectivity index (χ0v) is 16.5. The van der Waals surface area contributed by atoms with Crippen molar-refractivity contribution >= 4 is 29.1 Å². The molecule has 0 unspecified atom stereocenters. The van der Waals surface area contributed by atoms with E-state index < -0.39 is 23.1 Å². The van der Waals surface area contributed by atoms with E-state index in [1.165, 1.54) is 6.07 Å². The highest BCUT2D eigenvalue weighted by Gasteiger charge is 2.26. The van der Waals surface area contributed by atoms with Crippen molar-refractivity contribution in [2.75, 3.05) is 11.4 Å². The Kier molecular flexibility index (Phi) is 5.50. The fourth-order valence-electron chi connectivity index (χ4n) is 3.48. The van der Waals surface area contributed by atoms with Crippen LogP contribution in [0.2, 0.25) is 5.02 Å². The second-order valence-electron chi connectivity index (χ2n) is 6.96. The zero-order valence-electron chi connectivity index (χ0n) is 15.8. The fourth-order valence-corrected chi connectivity index (χ4v) is 3.61. The largest absolute Gasteiger partial charge is 0.348 e. The van der Waals surface area contributed by atoms with Gasteiger partial charge in [-0.05, 0) is 60.0 Å². The van der Waals surface area contributed by atoms with E-state index in [2.05, 4.69) is 5.32 Å². The maximum absolute atomic E-state index is 13.8. The third kappa shape index (κ3) is 3.91. The molecule has 0 radical (unpaired) electrons. The molecule has 1 heterocycles. The Bertz CT molecular complexity index is 1110. The van der Waals surface area contributed by atoms with Crippen LogP contribution in [0.25, 0.3) is 0 Å². The van der Waals surface area contributed by atoms with Crippen molar-refractivity contribution in [3.8, 4) is 0 Å². The molecule has 3 aromatic rings. The van der Waals surface area contributed by atoms with E-state index >= 15 is 0 Å². The first-order valence-electron chi connectivity index (χ1n) is 9.35. The molecule has 7 heteroatoms. The number of halogens is 3. The molecular formula is C23H17ClF2N2O2. The van der Waals surface area contributed by atoms with E-state index in [0.29, 0.717) is 17.1 Å². The average Bonchev–Trinajstić information content (AvgIpc) is 3.15. The lowest BCUT2D eigenvalue weighted by Crippen LogP contribution is -2.29. The SMILES string of the molecule is O=C(NCc1ccc2c(c1)N(C(=O)c1ccc(Cl)cc1)CC2)c1c(F)cccc1F. The van der Waals surface area contributed by atoms with E-state index in [1.807, 2.05) is 18.2 Å². The third-order valence-corrected chi connectivity index (χ3v) is 5.28. The van der Waals surface area contributed by atoms with Gasteiger partial charge in [-0.1, -0.05) is 29.8 Å². The third-order valence-electron chi connectivity index (χ3n) is 5.02. The van der Waals surface area contributed by atoms with Crippen LogP contribution in [0.3, 0.4) is 0 Å².